The van der Waals surface area contributed by atoms with Gasteiger partial charge in [0.1, 0.15) is 11.8 Å². The van der Waals surface area contributed by atoms with Crippen LogP contribution in [-0.2, 0) is 38.0 Å². The summed E-state index contributed by atoms with van der Waals surface area (Å²) in [7, 11) is 0. The van der Waals surface area contributed by atoms with Gasteiger partial charge in [0.05, 0.1) is 6.04 Å². The van der Waals surface area contributed by atoms with Crippen molar-refractivity contribution in [1.29, 1.82) is 0 Å². The number of ether oxygens (including phenoxy) is 1. The Bertz CT molecular complexity index is 1330. The van der Waals surface area contributed by atoms with E-state index in [0.29, 0.717) is 21.7 Å². The van der Waals surface area contributed by atoms with Crippen molar-refractivity contribution in [1.82, 2.24) is 9.80 Å². The summed E-state index contributed by atoms with van der Waals surface area (Å²) in [5.74, 6) is -6.00. The van der Waals surface area contributed by atoms with Crippen molar-refractivity contribution in [3.63, 3.8) is 0 Å². The molecule has 2 aromatic rings. The van der Waals surface area contributed by atoms with Crippen LogP contribution in [0.3, 0.4) is 0 Å². The maximum Gasteiger partial charge on any atom is 0.330 e. The highest BCUT2D eigenvalue weighted by molar-refractivity contribution is 6.30. The molecule has 0 saturated carbocycles. The first-order chi connectivity index (χ1) is 18.4. The Balaban J connectivity index is 1.41. The first-order valence-electron chi connectivity index (χ1n) is 12.4. The third kappa shape index (κ3) is 5.86. The average Bonchev–Trinajstić information content (AvgIpc) is 3.22. The Kier molecular flexibility index (Phi) is 8.17. The van der Waals surface area contributed by atoms with Gasteiger partial charge in [0, 0.05) is 35.5 Å². The number of amides is 3. The van der Waals surface area contributed by atoms with Crippen molar-refractivity contribution in [3.8, 4) is 0 Å². The van der Waals surface area contributed by atoms with Crippen molar-refractivity contribution >= 4 is 35.1 Å². The van der Waals surface area contributed by atoms with E-state index in [4.69, 9.17) is 22.1 Å². The zero-order valence-corrected chi connectivity index (χ0v) is 22.0. The topological polar surface area (TPSA) is 110 Å². The van der Waals surface area contributed by atoms with E-state index in [-0.39, 0.29) is 44.2 Å². The lowest BCUT2D eigenvalue weighted by molar-refractivity contribution is -0.157. The van der Waals surface area contributed by atoms with E-state index in [1.165, 1.54) is 17.0 Å². The molecule has 2 aliphatic rings. The van der Waals surface area contributed by atoms with Gasteiger partial charge in [0.2, 0.25) is 11.7 Å². The van der Waals surface area contributed by atoms with Gasteiger partial charge in [0.15, 0.2) is 6.73 Å². The van der Waals surface area contributed by atoms with Gasteiger partial charge >= 0.3 is 5.92 Å². The molecule has 2 heterocycles. The summed E-state index contributed by atoms with van der Waals surface area (Å²) >= 11 is 5.75. The Hall–Kier alpha value is -3.63. The molecule has 3 amide bonds. The number of Topliss-reactive ketones (excluding diaryl/α,β-unsaturated/α-hetero) is 1. The van der Waals surface area contributed by atoms with E-state index in [2.05, 4.69) is 6.58 Å². The minimum Gasteiger partial charge on any atom is -0.476 e. The Labute approximate surface area is 229 Å². The van der Waals surface area contributed by atoms with Crippen molar-refractivity contribution < 1.29 is 32.7 Å². The van der Waals surface area contributed by atoms with Crippen LogP contribution in [0.25, 0.3) is 0 Å². The zero-order valence-electron chi connectivity index (χ0n) is 21.3. The third-order valence-electron chi connectivity index (χ3n) is 6.95. The van der Waals surface area contributed by atoms with Gasteiger partial charge in [-0.2, -0.15) is 8.78 Å². The Morgan fingerprint density at radius 3 is 2.56 bits per heavy atom. The number of nitrogens with two attached hydrogens (primary N) is 1. The van der Waals surface area contributed by atoms with Gasteiger partial charge < -0.3 is 15.4 Å². The van der Waals surface area contributed by atoms with Gasteiger partial charge in [0.25, 0.3) is 11.8 Å². The number of imide groups is 1. The lowest BCUT2D eigenvalue weighted by Gasteiger charge is -2.35. The van der Waals surface area contributed by atoms with Crippen LogP contribution in [0.1, 0.15) is 53.2 Å². The molecule has 1 saturated heterocycles. The van der Waals surface area contributed by atoms with Gasteiger partial charge in [-0.15, -0.1) is 0 Å². The number of halogens is 3. The lowest BCUT2D eigenvalue weighted by Crippen LogP contribution is -2.55. The number of hydrogen-bond donors (Lipinski definition) is 1. The van der Waals surface area contributed by atoms with Gasteiger partial charge in [-0.3, -0.25) is 19.2 Å². The summed E-state index contributed by atoms with van der Waals surface area (Å²) in [5.41, 5.74) is 6.88. The number of carbonyl (C=O) groups excluding carboxylic acids is 4. The van der Waals surface area contributed by atoms with E-state index >= 15 is 0 Å². The maximum absolute atomic E-state index is 14.6. The highest BCUT2D eigenvalue weighted by Crippen LogP contribution is 2.33. The van der Waals surface area contributed by atoms with Crippen LogP contribution < -0.4 is 5.73 Å². The van der Waals surface area contributed by atoms with Crippen LogP contribution >= 0.6 is 11.6 Å². The predicted molar refractivity (Wildman–Crippen MR) is 139 cm³/mol. The standard InChI is InChI=1S/C28H28ClF2N3O5/c1-16(32)17(2)39-15-34-25(36)12-10-23(27(34)38)33-14-19-13-18(3-9-22(19)26(33)37)4-11-24(35)28(30,31)20-5-7-21(29)8-6-20/h3,5-9,13,16,23H,2,4,10-12,14-15,32H2,1H3. The molecule has 2 aliphatic heterocycles. The van der Waals surface area contributed by atoms with Gasteiger partial charge in [-0.25, -0.2) is 4.90 Å². The molecule has 2 aromatic carbocycles. The monoisotopic (exact) mass is 559 g/mol. The Morgan fingerprint density at radius 2 is 1.90 bits per heavy atom. The minimum atomic E-state index is -3.66. The summed E-state index contributed by atoms with van der Waals surface area (Å²) in [6.45, 7) is 5.08. The number of ketones is 1. The van der Waals surface area contributed by atoms with E-state index < -0.39 is 47.6 Å². The van der Waals surface area contributed by atoms with Crippen LogP contribution in [-0.4, -0.2) is 52.1 Å². The van der Waals surface area contributed by atoms with E-state index in [9.17, 15) is 28.0 Å². The second-order valence-corrected chi connectivity index (χ2v) is 10.1. The van der Waals surface area contributed by atoms with Gasteiger partial charge in [-0.1, -0.05) is 42.4 Å². The fraction of sp³-hybridized carbons (Fsp3) is 0.357. The van der Waals surface area contributed by atoms with E-state index in [1.54, 1.807) is 25.1 Å². The SMILES string of the molecule is C=C(OCN1C(=O)CCC(N2Cc3cc(CCC(=O)C(F)(F)c4ccc(Cl)cc4)ccc3C2=O)C1=O)C(C)N. The zero-order chi connectivity index (χ0) is 28.5. The summed E-state index contributed by atoms with van der Waals surface area (Å²) in [5, 5.41) is 0.290. The molecule has 0 radical (unpaired) electrons. The second-order valence-electron chi connectivity index (χ2n) is 9.67. The molecule has 206 valence electrons. The Morgan fingerprint density at radius 1 is 1.21 bits per heavy atom. The lowest BCUT2D eigenvalue weighted by atomic mass is 9.97. The first kappa shape index (κ1) is 28.4. The third-order valence-corrected chi connectivity index (χ3v) is 7.20. The molecule has 39 heavy (non-hydrogen) atoms. The average molecular weight is 560 g/mol. The largest absolute Gasteiger partial charge is 0.476 e. The van der Waals surface area contributed by atoms with Crippen LogP contribution in [0.2, 0.25) is 5.02 Å². The molecule has 2 atom stereocenters. The molecule has 0 bridgehead atoms. The summed E-state index contributed by atoms with van der Waals surface area (Å²) < 4.78 is 34.6. The molecule has 0 aromatic heterocycles. The molecule has 2 N–H and O–H groups in total. The van der Waals surface area contributed by atoms with Crippen LogP contribution in [0.5, 0.6) is 0 Å². The van der Waals surface area contributed by atoms with Crippen molar-refractivity contribution in [3.05, 3.63) is 82.1 Å². The number of hydrogen-bond acceptors (Lipinski definition) is 6. The number of benzene rings is 2. The number of piperidine rings is 1. The molecular formula is C28H28ClF2N3O5. The van der Waals surface area contributed by atoms with E-state index in [0.717, 1.165) is 17.0 Å². The molecule has 1 fully saturated rings. The van der Waals surface area contributed by atoms with Crippen LogP contribution in [0.15, 0.2) is 54.8 Å². The highest BCUT2D eigenvalue weighted by Gasteiger charge is 2.43. The minimum absolute atomic E-state index is 0.0505. The molecule has 4 rings (SSSR count). The normalized spacial score (nSPS) is 18.3. The molecule has 2 unspecified atom stereocenters. The number of nitrogens with zero attached hydrogens (tertiary/aromatic N) is 2. The van der Waals surface area contributed by atoms with Crippen LogP contribution in [0.4, 0.5) is 8.78 Å². The molecule has 8 nitrogen and oxygen atoms in total. The molecular weight excluding hydrogens is 532 g/mol. The number of alkyl halides is 2. The fourth-order valence-corrected chi connectivity index (χ4v) is 4.69. The van der Waals surface area contributed by atoms with Crippen molar-refractivity contribution in [2.24, 2.45) is 5.73 Å². The number of likely N-dealkylation sites (tertiary alicyclic amines) is 1. The molecule has 0 spiro atoms. The van der Waals surface area contributed by atoms with Crippen molar-refractivity contribution in [2.45, 2.75) is 57.2 Å². The second kappa shape index (κ2) is 11.2. The number of fused-ring (bicyclic) bond motifs is 1. The van der Waals surface area contributed by atoms with Crippen molar-refractivity contribution in [2.75, 3.05) is 6.73 Å². The molecule has 11 heteroatoms. The molecule has 0 aliphatic carbocycles. The number of aryl methyl sites for hydroxylation is 1. The predicted octanol–water partition coefficient (Wildman–Crippen LogP) is 3.94. The quantitative estimate of drug-likeness (QED) is 0.349. The highest BCUT2D eigenvalue weighted by atomic mass is 35.5. The fourth-order valence-electron chi connectivity index (χ4n) is 4.56. The summed E-state index contributed by atoms with van der Waals surface area (Å²) in [6, 6.07) is 8.37. The number of carbonyl (C=O) groups is 4. The van der Waals surface area contributed by atoms with Gasteiger partial charge in [-0.05, 0) is 49.1 Å². The maximum atomic E-state index is 14.6. The van der Waals surface area contributed by atoms with E-state index in [1.807, 2.05) is 0 Å². The smallest absolute Gasteiger partial charge is 0.330 e. The first-order valence-corrected chi connectivity index (χ1v) is 12.8. The summed E-state index contributed by atoms with van der Waals surface area (Å²) in [6.07, 6.45) is -0.130. The van der Waals surface area contributed by atoms with Crippen LogP contribution in [0, 0.1) is 0 Å². The number of rotatable bonds is 10. The summed E-state index contributed by atoms with van der Waals surface area (Å²) in [4.78, 5) is 53.3.